The van der Waals surface area contributed by atoms with Crippen molar-refractivity contribution in [3.8, 4) is 5.75 Å². The standard InChI is InChI=1S/C20H18ClNO4/c1-3-15(20(25)26)18-11(2)22(17-8-7-14(23)10-16(17)18)19(24)12-5-4-6-13(21)9-12/h4-10,15,23H,3H2,1-2H3,(H,25,26)/t15-/m0/s1. The fourth-order valence-corrected chi connectivity index (χ4v) is 3.58. The highest BCUT2D eigenvalue weighted by molar-refractivity contribution is 6.31. The zero-order valence-electron chi connectivity index (χ0n) is 14.4. The summed E-state index contributed by atoms with van der Waals surface area (Å²) in [5.41, 5.74) is 2.05. The Hall–Kier alpha value is -2.79. The summed E-state index contributed by atoms with van der Waals surface area (Å²) in [5, 5.41) is 20.5. The molecular formula is C20H18ClNO4. The van der Waals surface area contributed by atoms with Crippen LogP contribution < -0.4 is 0 Å². The molecule has 1 aromatic heterocycles. The second-order valence-corrected chi connectivity index (χ2v) is 6.59. The summed E-state index contributed by atoms with van der Waals surface area (Å²) in [4.78, 5) is 24.8. The fourth-order valence-electron chi connectivity index (χ4n) is 3.39. The van der Waals surface area contributed by atoms with Gasteiger partial charge in [0, 0.05) is 21.7 Å². The SMILES string of the molecule is CC[C@H](C(=O)O)c1c(C)n(C(=O)c2cccc(Cl)c2)c2ccc(O)cc12. The molecule has 1 heterocycles. The monoisotopic (exact) mass is 371 g/mol. The van der Waals surface area contributed by atoms with Crippen molar-refractivity contribution in [2.24, 2.45) is 0 Å². The van der Waals surface area contributed by atoms with E-state index >= 15 is 0 Å². The van der Waals surface area contributed by atoms with Crippen LogP contribution in [0.15, 0.2) is 42.5 Å². The lowest BCUT2D eigenvalue weighted by Gasteiger charge is -2.12. The number of fused-ring (bicyclic) bond motifs is 1. The van der Waals surface area contributed by atoms with Gasteiger partial charge in [-0.3, -0.25) is 14.2 Å². The van der Waals surface area contributed by atoms with Crippen LogP contribution in [0.2, 0.25) is 5.02 Å². The molecule has 0 saturated carbocycles. The van der Waals surface area contributed by atoms with Gasteiger partial charge in [-0.1, -0.05) is 24.6 Å². The first kappa shape index (κ1) is 18.0. The van der Waals surface area contributed by atoms with Gasteiger partial charge >= 0.3 is 5.97 Å². The van der Waals surface area contributed by atoms with Crippen LogP contribution in [0, 0.1) is 6.92 Å². The summed E-state index contributed by atoms with van der Waals surface area (Å²) >= 11 is 6.00. The molecular weight excluding hydrogens is 354 g/mol. The van der Waals surface area contributed by atoms with Crippen LogP contribution in [0.1, 0.15) is 40.9 Å². The summed E-state index contributed by atoms with van der Waals surface area (Å²) in [6, 6.07) is 11.2. The Labute approximate surface area is 155 Å². The van der Waals surface area contributed by atoms with E-state index in [9.17, 15) is 19.8 Å². The molecule has 0 aliphatic carbocycles. The molecule has 0 saturated heterocycles. The maximum atomic E-state index is 13.1. The van der Waals surface area contributed by atoms with Gasteiger partial charge in [0.2, 0.25) is 0 Å². The molecule has 0 spiro atoms. The molecule has 0 aliphatic rings. The third-order valence-electron chi connectivity index (χ3n) is 4.57. The minimum absolute atomic E-state index is 0.0198. The van der Waals surface area contributed by atoms with E-state index in [1.807, 2.05) is 0 Å². The predicted octanol–water partition coefficient (Wildman–Crippen LogP) is 4.58. The van der Waals surface area contributed by atoms with Crippen molar-refractivity contribution in [2.45, 2.75) is 26.2 Å². The molecule has 6 heteroatoms. The van der Waals surface area contributed by atoms with E-state index in [1.165, 1.54) is 16.7 Å². The van der Waals surface area contributed by atoms with Crippen molar-refractivity contribution in [3.63, 3.8) is 0 Å². The van der Waals surface area contributed by atoms with Gasteiger partial charge in [0.15, 0.2) is 0 Å². The van der Waals surface area contributed by atoms with Gasteiger partial charge in [0.1, 0.15) is 5.75 Å². The lowest BCUT2D eigenvalue weighted by Crippen LogP contribution is -2.16. The van der Waals surface area contributed by atoms with Crippen LogP contribution in [0.3, 0.4) is 0 Å². The number of aromatic hydroxyl groups is 1. The molecule has 134 valence electrons. The van der Waals surface area contributed by atoms with Gasteiger partial charge in [-0.2, -0.15) is 0 Å². The van der Waals surface area contributed by atoms with E-state index < -0.39 is 11.9 Å². The molecule has 3 rings (SSSR count). The Morgan fingerprint density at radius 3 is 2.54 bits per heavy atom. The topological polar surface area (TPSA) is 79.5 Å². The average Bonchev–Trinajstić information content (AvgIpc) is 2.87. The van der Waals surface area contributed by atoms with Gasteiger partial charge in [-0.15, -0.1) is 0 Å². The highest BCUT2D eigenvalue weighted by Crippen LogP contribution is 2.36. The lowest BCUT2D eigenvalue weighted by molar-refractivity contribution is -0.138. The quantitative estimate of drug-likeness (QED) is 0.703. The smallest absolute Gasteiger partial charge is 0.311 e. The van der Waals surface area contributed by atoms with E-state index in [0.29, 0.717) is 39.2 Å². The number of halogens is 1. The van der Waals surface area contributed by atoms with E-state index in [0.717, 1.165) is 0 Å². The second-order valence-electron chi connectivity index (χ2n) is 6.15. The second kappa shape index (κ2) is 6.84. The Morgan fingerprint density at radius 2 is 1.92 bits per heavy atom. The Balaban J connectivity index is 2.31. The first-order valence-electron chi connectivity index (χ1n) is 8.22. The average molecular weight is 372 g/mol. The number of benzene rings is 2. The maximum absolute atomic E-state index is 13.1. The van der Waals surface area contributed by atoms with Crippen LogP contribution in [0.4, 0.5) is 0 Å². The molecule has 3 aromatic rings. The summed E-state index contributed by atoms with van der Waals surface area (Å²) in [7, 11) is 0. The number of aliphatic carboxylic acids is 1. The van der Waals surface area contributed by atoms with Crippen LogP contribution in [-0.4, -0.2) is 26.7 Å². The number of phenols is 1. The van der Waals surface area contributed by atoms with Gasteiger partial charge in [-0.25, -0.2) is 0 Å². The van der Waals surface area contributed by atoms with Crippen LogP contribution in [-0.2, 0) is 4.79 Å². The highest BCUT2D eigenvalue weighted by atomic mass is 35.5. The number of carboxylic acids is 1. The fraction of sp³-hybridized carbons (Fsp3) is 0.200. The third kappa shape index (κ3) is 2.95. The minimum Gasteiger partial charge on any atom is -0.508 e. The summed E-state index contributed by atoms with van der Waals surface area (Å²) < 4.78 is 1.49. The van der Waals surface area contributed by atoms with E-state index in [-0.39, 0.29) is 11.7 Å². The van der Waals surface area contributed by atoms with Crippen molar-refractivity contribution in [1.82, 2.24) is 4.57 Å². The molecule has 0 radical (unpaired) electrons. The van der Waals surface area contributed by atoms with Gasteiger partial charge < -0.3 is 10.2 Å². The normalized spacial score (nSPS) is 12.3. The van der Waals surface area contributed by atoms with Gasteiger partial charge in [0.25, 0.3) is 5.91 Å². The summed E-state index contributed by atoms with van der Waals surface area (Å²) in [6.07, 6.45) is 0.371. The van der Waals surface area contributed by atoms with Gasteiger partial charge in [-0.05, 0) is 55.3 Å². The van der Waals surface area contributed by atoms with Crippen molar-refractivity contribution >= 4 is 34.4 Å². The number of phenolic OH excluding ortho intramolecular Hbond substituents is 1. The van der Waals surface area contributed by atoms with Crippen molar-refractivity contribution in [1.29, 1.82) is 0 Å². The number of rotatable bonds is 4. The predicted molar refractivity (Wildman–Crippen MR) is 100 cm³/mol. The number of carboxylic acid groups (broad SMARTS) is 1. The number of nitrogens with zero attached hydrogens (tertiary/aromatic N) is 1. The Bertz CT molecular complexity index is 1020. The number of hydrogen-bond acceptors (Lipinski definition) is 3. The van der Waals surface area contributed by atoms with Gasteiger partial charge in [0.05, 0.1) is 11.4 Å². The maximum Gasteiger partial charge on any atom is 0.311 e. The molecule has 26 heavy (non-hydrogen) atoms. The number of carbonyl (C=O) groups excluding carboxylic acids is 1. The Kier molecular flexibility index (Phi) is 4.74. The molecule has 0 bridgehead atoms. The molecule has 2 aromatic carbocycles. The number of aromatic nitrogens is 1. The molecule has 0 aliphatic heterocycles. The van der Waals surface area contributed by atoms with Crippen molar-refractivity contribution in [2.75, 3.05) is 0 Å². The molecule has 0 fully saturated rings. The first-order valence-corrected chi connectivity index (χ1v) is 8.60. The summed E-state index contributed by atoms with van der Waals surface area (Å²) in [5.74, 6) is -2.01. The first-order chi connectivity index (χ1) is 12.3. The minimum atomic E-state index is -0.965. The van der Waals surface area contributed by atoms with Crippen LogP contribution in [0.25, 0.3) is 10.9 Å². The molecule has 5 nitrogen and oxygen atoms in total. The highest BCUT2D eigenvalue weighted by Gasteiger charge is 2.28. The van der Waals surface area contributed by atoms with Crippen LogP contribution >= 0.6 is 11.6 Å². The number of carbonyl (C=O) groups is 2. The van der Waals surface area contributed by atoms with Crippen LogP contribution in [0.5, 0.6) is 5.75 Å². The molecule has 1 atom stereocenters. The zero-order valence-corrected chi connectivity index (χ0v) is 15.1. The summed E-state index contributed by atoms with van der Waals surface area (Å²) in [6.45, 7) is 3.50. The number of hydrogen-bond donors (Lipinski definition) is 2. The largest absolute Gasteiger partial charge is 0.508 e. The molecule has 0 unspecified atom stereocenters. The van der Waals surface area contributed by atoms with Crippen molar-refractivity contribution in [3.05, 3.63) is 64.3 Å². The van der Waals surface area contributed by atoms with E-state index in [1.54, 1.807) is 44.2 Å². The molecule has 2 N–H and O–H groups in total. The van der Waals surface area contributed by atoms with Crippen molar-refractivity contribution < 1.29 is 19.8 Å². The zero-order chi connectivity index (χ0) is 19.0. The Morgan fingerprint density at radius 1 is 1.19 bits per heavy atom. The molecule has 0 amide bonds. The third-order valence-corrected chi connectivity index (χ3v) is 4.80. The lowest BCUT2D eigenvalue weighted by atomic mass is 9.94. The van der Waals surface area contributed by atoms with E-state index in [2.05, 4.69) is 0 Å². The van der Waals surface area contributed by atoms with E-state index in [4.69, 9.17) is 11.6 Å².